The van der Waals surface area contributed by atoms with E-state index in [-0.39, 0.29) is 6.03 Å². The molecule has 1 aliphatic rings. The quantitative estimate of drug-likeness (QED) is 0.939. The minimum atomic E-state index is -0.00517. The van der Waals surface area contributed by atoms with Gasteiger partial charge in [0.2, 0.25) is 0 Å². The van der Waals surface area contributed by atoms with Gasteiger partial charge in [-0.25, -0.2) is 9.78 Å². The van der Waals surface area contributed by atoms with Crippen LogP contribution in [0.5, 0.6) is 0 Å². The van der Waals surface area contributed by atoms with Crippen LogP contribution in [-0.4, -0.2) is 48.8 Å². The van der Waals surface area contributed by atoms with Crippen molar-refractivity contribution in [1.29, 1.82) is 0 Å². The molecule has 1 aromatic heterocycles. The Kier molecular flexibility index (Phi) is 4.13. The molecule has 0 aliphatic carbocycles. The summed E-state index contributed by atoms with van der Waals surface area (Å²) >= 11 is 1.69. The number of carbonyl (C=O) groups excluding carboxylic acids is 1. The zero-order valence-corrected chi connectivity index (χ0v) is 12.0. The number of urea groups is 1. The summed E-state index contributed by atoms with van der Waals surface area (Å²) in [7, 11) is 0. The summed E-state index contributed by atoms with van der Waals surface area (Å²) in [6.07, 6.45) is 0.773. The molecule has 0 bridgehead atoms. The van der Waals surface area contributed by atoms with Gasteiger partial charge in [-0.3, -0.25) is 0 Å². The molecule has 0 radical (unpaired) electrons. The monoisotopic (exact) mass is 291 g/mol. The molecule has 0 atom stereocenters. The Labute approximate surface area is 121 Å². The van der Waals surface area contributed by atoms with Gasteiger partial charge >= 0.3 is 6.03 Å². The average molecular weight is 291 g/mol. The molecule has 1 N–H and O–H groups in total. The highest BCUT2D eigenvalue weighted by Gasteiger charge is 2.16. The smallest absolute Gasteiger partial charge is 0.317 e. The van der Waals surface area contributed by atoms with E-state index >= 15 is 0 Å². The summed E-state index contributed by atoms with van der Waals surface area (Å²) in [4.78, 5) is 18.3. The van der Waals surface area contributed by atoms with E-state index in [9.17, 15) is 4.79 Å². The third kappa shape index (κ3) is 3.08. The molecule has 2 aromatic rings. The predicted molar refractivity (Wildman–Crippen MR) is 79.1 cm³/mol. The third-order valence-corrected chi connectivity index (χ3v) is 4.35. The Morgan fingerprint density at radius 1 is 1.35 bits per heavy atom. The zero-order valence-electron chi connectivity index (χ0n) is 11.2. The van der Waals surface area contributed by atoms with Gasteiger partial charge < -0.3 is 15.0 Å². The topological polar surface area (TPSA) is 54.5 Å². The number of carbonyl (C=O) groups is 1. The van der Waals surface area contributed by atoms with Crippen LogP contribution in [-0.2, 0) is 11.2 Å². The van der Waals surface area contributed by atoms with Crippen molar-refractivity contribution in [3.63, 3.8) is 0 Å². The molecule has 0 unspecified atom stereocenters. The van der Waals surface area contributed by atoms with Crippen molar-refractivity contribution in [2.24, 2.45) is 0 Å². The molecule has 1 aromatic carbocycles. The number of thiazole rings is 1. The first kappa shape index (κ1) is 13.3. The van der Waals surface area contributed by atoms with Crippen molar-refractivity contribution >= 4 is 27.6 Å². The van der Waals surface area contributed by atoms with E-state index in [1.165, 1.54) is 4.70 Å². The van der Waals surface area contributed by atoms with Gasteiger partial charge in [0.25, 0.3) is 0 Å². The van der Waals surface area contributed by atoms with Crippen LogP contribution in [0.2, 0.25) is 0 Å². The van der Waals surface area contributed by atoms with Gasteiger partial charge in [-0.15, -0.1) is 11.3 Å². The average Bonchev–Trinajstić information content (AvgIpc) is 2.90. The Bertz CT molecular complexity index is 560. The van der Waals surface area contributed by atoms with Gasteiger partial charge in [0.1, 0.15) is 0 Å². The van der Waals surface area contributed by atoms with Crippen molar-refractivity contribution in [3.8, 4) is 0 Å². The predicted octanol–water partition coefficient (Wildman–Crippen LogP) is 1.88. The molecule has 1 aliphatic heterocycles. The standard InChI is InChI=1S/C14H17N3O2S/c18-14(17-7-9-19-10-8-17)15-6-5-13-16-11-3-1-2-4-12(11)20-13/h1-4H,5-10H2,(H,15,18). The molecule has 2 amide bonds. The number of nitrogens with one attached hydrogen (secondary N) is 1. The van der Waals surface area contributed by atoms with E-state index in [0.29, 0.717) is 32.8 Å². The van der Waals surface area contributed by atoms with E-state index in [4.69, 9.17) is 4.74 Å². The van der Waals surface area contributed by atoms with Crippen LogP contribution in [0.1, 0.15) is 5.01 Å². The van der Waals surface area contributed by atoms with Crippen LogP contribution in [0.3, 0.4) is 0 Å². The first-order chi connectivity index (χ1) is 9.83. The van der Waals surface area contributed by atoms with E-state index in [1.54, 1.807) is 16.2 Å². The number of fused-ring (bicyclic) bond motifs is 1. The Balaban J connectivity index is 1.50. The third-order valence-electron chi connectivity index (χ3n) is 3.25. The maximum absolute atomic E-state index is 11.9. The fraction of sp³-hybridized carbons (Fsp3) is 0.429. The van der Waals surface area contributed by atoms with Crippen molar-refractivity contribution in [3.05, 3.63) is 29.3 Å². The molecule has 20 heavy (non-hydrogen) atoms. The number of ether oxygens (including phenoxy) is 1. The number of rotatable bonds is 3. The highest BCUT2D eigenvalue weighted by atomic mass is 32.1. The number of benzene rings is 1. The molecular weight excluding hydrogens is 274 g/mol. The zero-order chi connectivity index (χ0) is 13.8. The molecular formula is C14H17N3O2S. The van der Waals surface area contributed by atoms with Gasteiger partial charge in [-0.1, -0.05) is 12.1 Å². The first-order valence-corrected chi connectivity index (χ1v) is 7.59. The lowest BCUT2D eigenvalue weighted by Gasteiger charge is -2.26. The molecule has 106 valence electrons. The number of nitrogens with zero attached hydrogens (tertiary/aromatic N) is 2. The van der Waals surface area contributed by atoms with Crippen LogP contribution in [0.4, 0.5) is 4.79 Å². The van der Waals surface area contributed by atoms with E-state index < -0.39 is 0 Å². The van der Waals surface area contributed by atoms with Gasteiger partial charge in [0.05, 0.1) is 28.4 Å². The second kappa shape index (κ2) is 6.19. The van der Waals surface area contributed by atoms with Crippen molar-refractivity contribution in [2.75, 3.05) is 32.8 Å². The lowest BCUT2D eigenvalue weighted by atomic mass is 10.3. The molecule has 0 spiro atoms. The second-order valence-corrected chi connectivity index (χ2v) is 5.77. The molecule has 6 heteroatoms. The first-order valence-electron chi connectivity index (χ1n) is 6.78. The molecule has 1 fully saturated rings. The van der Waals surface area contributed by atoms with Gasteiger partial charge in [0, 0.05) is 26.1 Å². The molecule has 1 saturated heterocycles. The highest BCUT2D eigenvalue weighted by Crippen LogP contribution is 2.21. The van der Waals surface area contributed by atoms with E-state index in [0.717, 1.165) is 16.9 Å². The van der Waals surface area contributed by atoms with Crippen LogP contribution in [0.15, 0.2) is 24.3 Å². The largest absolute Gasteiger partial charge is 0.378 e. The van der Waals surface area contributed by atoms with Gasteiger partial charge in [-0.2, -0.15) is 0 Å². The number of aromatic nitrogens is 1. The Morgan fingerprint density at radius 3 is 2.95 bits per heavy atom. The lowest BCUT2D eigenvalue weighted by Crippen LogP contribution is -2.46. The van der Waals surface area contributed by atoms with E-state index in [1.807, 2.05) is 18.2 Å². The van der Waals surface area contributed by atoms with Crippen molar-refractivity contribution in [2.45, 2.75) is 6.42 Å². The van der Waals surface area contributed by atoms with Crippen molar-refractivity contribution < 1.29 is 9.53 Å². The minimum absolute atomic E-state index is 0.00517. The van der Waals surface area contributed by atoms with Crippen LogP contribution >= 0.6 is 11.3 Å². The second-order valence-electron chi connectivity index (χ2n) is 4.66. The summed E-state index contributed by atoms with van der Waals surface area (Å²) in [5.74, 6) is 0. The van der Waals surface area contributed by atoms with Gasteiger partial charge in [-0.05, 0) is 12.1 Å². The molecule has 3 rings (SSSR count). The van der Waals surface area contributed by atoms with E-state index in [2.05, 4.69) is 16.4 Å². The van der Waals surface area contributed by atoms with Gasteiger partial charge in [0.15, 0.2) is 0 Å². The Hall–Kier alpha value is -1.66. The fourth-order valence-corrected chi connectivity index (χ4v) is 3.15. The maximum Gasteiger partial charge on any atom is 0.317 e. The summed E-state index contributed by atoms with van der Waals surface area (Å²) in [5, 5.41) is 4.01. The normalized spacial score (nSPS) is 15.5. The fourth-order valence-electron chi connectivity index (χ4n) is 2.18. The van der Waals surface area contributed by atoms with Crippen LogP contribution in [0, 0.1) is 0 Å². The molecule has 0 saturated carbocycles. The highest BCUT2D eigenvalue weighted by molar-refractivity contribution is 7.18. The number of para-hydroxylation sites is 1. The SMILES string of the molecule is O=C(NCCc1nc2ccccc2s1)N1CCOCC1. The summed E-state index contributed by atoms with van der Waals surface area (Å²) in [6.45, 7) is 3.23. The molecule has 5 nitrogen and oxygen atoms in total. The number of amides is 2. The minimum Gasteiger partial charge on any atom is -0.378 e. The Morgan fingerprint density at radius 2 is 2.15 bits per heavy atom. The van der Waals surface area contributed by atoms with Crippen molar-refractivity contribution in [1.82, 2.24) is 15.2 Å². The maximum atomic E-state index is 11.9. The lowest BCUT2D eigenvalue weighted by molar-refractivity contribution is 0.0533. The number of hydrogen-bond donors (Lipinski definition) is 1. The van der Waals surface area contributed by atoms with Crippen LogP contribution < -0.4 is 5.32 Å². The number of morpholine rings is 1. The summed E-state index contributed by atoms with van der Waals surface area (Å²) in [6, 6.07) is 8.09. The molecule has 2 heterocycles. The summed E-state index contributed by atoms with van der Waals surface area (Å²) in [5.41, 5.74) is 1.03. The summed E-state index contributed by atoms with van der Waals surface area (Å²) < 4.78 is 6.42. The number of hydrogen-bond acceptors (Lipinski definition) is 4. The van der Waals surface area contributed by atoms with Crippen LogP contribution in [0.25, 0.3) is 10.2 Å².